The van der Waals surface area contributed by atoms with Crippen LogP contribution in [-0.4, -0.2) is 19.3 Å². The lowest BCUT2D eigenvalue weighted by molar-refractivity contribution is 0.124. The second-order valence-electron chi connectivity index (χ2n) is 2.15. The standard InChI is InChI=1S/C8H16N2O/c1-3-5-6-8(10-9)7-11-4-2/h8,10H,4,6-7,9H2,1-2H3. The maximum Gasteiger partial charge on any atom is 0.0642 e. The highest BCUT2D eigenvalue weighted by Gasteiger charge is 2.02. The van der Waals surface area contributed by atoms with Gasteiger partial charge in [0.2, 0.25) is 0 Å². The van der Waals surface area contributed by atoms with E-state index < -0.39 is 0 Å². The van der Waals surface area contributed by atoms with E-state index in [0.29, 0.717) is 6.61 Å². The van der Waals surface area contributed by atoms with Crippen LogP contribution in [0, 0.1) is 11.8 Å². The summed E-state index contributed by atoms with van der Waals surface area (Å²) in [4.78, 5) is 0. The van der Waals surface area contributed by atoms with Crippen LogP contribution in [0.1, 0.15) is 20.3 Å². The van der Waals surface area contributed by atoms with Crippen molar-refractivity contribution in [3.8, 4) is 11.8 Å². The van der Waals surface area contributed by atoms with E-state index >= 15 is 0 Å². The lowest BCUT2D eigenvalue weighted by atomic mass is 10.2. The van der Waals surface area contributed by atoms with E-state index in [-0.39, 0.29) is 6.04 Å². The first-order chi connectivity index (χ1) is 5.35. The minimum absolute atomic E-state index is 0.155. The summed E-state index contributed by atoms with van der Waals surface area (Å²) >= 11 is 0. The summed E-state index contributed by atoms with van der Waals surface area (Å²) in [5.74, 6) is 11.0. The van der Waals surface area contributed by atoms with Crippen LogP contribution in [0.2, 0.25) is 0 Å². The Labute approximate surface area is 68.3 Å². The van der Waals surface area contributed by atoms with Gasteiger partial charge in [-0.05, 0) is 13.8 Å². The zero-order chi connectivity index (χ0) is 8.53. The third-order valence-corrected chi connectivity index (χ3v) is 1.28. The summed E-state index contributed by atoms with van der Waals surface area (Å²) in [5, 5.41) is 0. The van der Waals surface area contributed by atoms with Gasteiger partial charge in [0.25, 0.3) is 0 Å². The maximum absolute atomic E-state index is 5.26. The zero-order valence-corrected chi connectivity index (χ0v) is 7.18. The van der Waals surface area contributed by atoms with Crippen molar-refractivity contribution >= 4 is 0 Å². The Morgan fingerprint density at radius 2 is 2.36 bits per heavy atom. The maximum atomic E-state index is 5.26. The largest absolute Gasteiger partial charge is 0.380 e. The normalized spacial score (nSPS) is 11.9. The van der Waals surface area contributed by atoms with Crippen molar-refractivity contribution in [2.75, 3.05) is 13.2 Å². The first-order valence-electron chi connectivity index (χ1n) is 3.78. The molecule has 64 valence electrons. The quantitative estimate of drug-likeness (QED) is 0.341. The van der Waals surface area contributed by atoms with Gasteiger partial charge in [-0.3, -0.25) is 11.3 Å². The smallest absolute Gasteiger partial charge is 0.0642 e. The van der Waals surface area contributed by atoms with Crippen molar-refractivity contribution < 1.29 is 4.74 Å². The van der Waals surface area contributed by atoms with E-state index in [4.69, 9.17) is 10.6 Å². The van der Waals surface area contributed by atoms with Gasteiger partial charge >= 0.3 is 0 Å². The molecule has 0 aromatic rings. The first-order valence-corrected chi connectivity index (χ1v) is 3.78. The SMILES string of the molecule is CC#CCC(COCC)NN. The number of nitrogens with one attached hydrogen (secondary N) is 1. The summed E-state index contributed by atoms with van der Waals surface area (Å²) in [7, 11) is 0. The molecule has 0 aliphatic heterocycles. The Morgan fingerprint density at radius 1 is 1.64 bits per heavy atom. The number of hydrogen-bond acceptors (Lipinski definition) is 3. The first kappa shape index (κ1) is 10.4. The summed E-state index contributed by atoms with van der Waals surface area (Å²) in [6.07, 6.45) is 0.743. The van der Waals surface area contributed by atoms with Gasteiger partial charge in [0.05, 0.1) is 12.6 Å². The fourth-order valence-corrected chi connectivity index (χ4v) is 0.651. The van der Waals surface area contributed by atoms with Crippen LogP contribution < -0.4 is 11.3 Å². The van der Waals surface area contributed by atoms with Crippen LogP contribution in [-0.2, 0) is 4.74 Å². The molecule has 0 aliphatic rings. The summed E-state index contributed by atoms with van der Waals surface area (Å²) in [6, 6.07) is 0.155. The molecule has 3 nitrogen and oxygen atoms in total. The van der Waals surface area contributed by atoms with Crippen molar-refractivity contribution in [1.29, 1.82) is 0 Å². The minimum Gasteiger partial charge on any atom is -0.380 e. The predicted octanol–water partition coefficient (Wildman–Crippen LogP) is 0.268. The molecule has 0 aliphatic carbocycles. The molecule has 0 heterocycles. The van der Waals surface area contributed by atoms with Crippen molar-refractivity contribution in [3.63, 3.8) is 0 Å². The topological polar surface area (TPSA) is 47.3 Å². The van der Waals surface area contributed by atoms with Gasteiger partial charge in [-0.15, -0.1) is 11.8 Å². The molecule has 11 heavy (non-hydrogen) atoms. The Morgan fingerprint density at radius 3 is 2.82 bits per heavy atom. The molecule has 0 bridgehead atoms. The van der Waals surface area contributed by atoms with Crippen molar-refractivity contribution in [1.82, 2.24) is 5.43 Å². The van der Waals surface area contributed by atoms with E-state index in [9.17, 15) is 0 Å². The fraction of sp³-hybridized carbons (Fsp3) is 0.750. The van der Waals surface area contributed by atoms with Crippen LogP contribution in [0.3, 0.4) is 0 Å². The highest BCUT2D eigenvalue weighted by molar-refractivity contribution is 4.97. The number of ether oxygens (including phenoxy) is 1. The summed E-state index contributed by atoms with van der Waals surface area (Å²) < 4.78 is 5.17. The van der Waals surface area contributed by atoms with Gasteiger partial charge in [-0.2, -0.15) is 0 Å². The summed E-state index contributed by atoms with van der Waals surface area (Å²) in [5.41, 5.74) is 2.64. The van der Waals surface area contributed by atoms with E-state index in [1.807, 2.05) is 13.8 Å². The van der Waals surface area contributed by atoms with Crippen molar-refractivity contribution in [2.24, 2.45) is 5.84 Å². The van der Waals surface area contributed by atoms with E-state index in [0.717, 1.165) is 13.0 Å². The van der Waals surface area contributed by atoms with Crippen LogP contribution >= 0.6 is 0 Å². The molecular weight excluding hydrogens is 140 g/mol. The highest BCUT2D eigenvalue weighted by Crippen LogP contribution is 1.89. The van der Waals surface area contributed by atoms with Crippen LogP contribution in [0.5, 0.6) is 0 Å². The number of hydrogen-bond donors (Lipinski definition) is 2. The molecule has 0 saturated heterocycles. The zero-order valence-electron chi connectivity index (χ0n) is 7.18. The van der Waals surface area contributed by atoms with Crippen molar-refractivity contribution in [3.05, 3.63) is 0 Å². The van der Waals surface area contributed by atoms with E-state index in [1.165, 1.54) is 0 Å². The average Bonchev–Trinajstić information content (AvgIpc) is 2.05. The van der Waals surface area contributed by atoms with Gasteiger partial charge in [0.1, 0.15) is 0 Å². The Balaban J connectivity index is 3.46. The highest BCUT2D eigenvalue weighted by atomic mass is 16.5. The molecule has 0 rings (SSSR count). The van der Waals surface area contributed by atoms with Gasteiger partial charge in [0, 0.05) is 13.0 Å². The monoisotopic (exact) mass is 156 g/mol. The van der Waals surface area contributed by atoms with Gasteiger partial charge in [-0.1, -0.05) is 0 Å². The predicted molar refractivity (Wildman–Crippen MR) is 45.7 cm³/mol. The Bertz CT molecular complexity index is 137. The lowest BCUT2D eigenvalue weighted by Gasteiger charge is -2.11. The molecule has 0 amide bonds. The fourth-order valence-electron chi connectivity index (χ4n) is 0.651. The lowest BCUT2D eigenvalue weighted by Crippen LogP contribution is -2.38. The second-order valence-corrected chi connectivity index (χ2v) is 2.15. The molecule has 0 spiro atoms. The van der Waals surface area contributed by atoms with Crippen LogP contribution in [0.4, 0.5) is 0 Å². The molecule has 1 atom stereocenters. The third-order valence-electron chi connectivity index (χ3n) is 1.28. The molecule has 0 radical (unpaired) electrons. The summed E-state index contributed by atoms with van der Waals surface area (Å²) in [6.45, 7) is 5.12. The molecule has 0 fully saturated rings. The average molecular weight is 156 g/mol. The molecule has 3 heteroatoms. The molecule has 0 aromatic heterocycles. The molecule has 1 unspecified atom stereocenters. The molecule has 0 saturated carbocycles. The number of hydrazine groups is 1. The Kier molecular flexibility index (Phi) is 7.16. The second kappa shape index (κ2) is 7.55. The van der Waals surface area contributed by atoms with Crippen LogP contribution in [0.15, 0.2) is 0 Å². The van der Waals surface area contributed by atoms with Crippen LogP contribution in [0.25, 0.3) is 0 Å². The Hall–Kier alpha value is -0.560. The van der Waals surface area contributed by atoms with Gasteiger partial charge < -0.3 is 4.74 Å². The van der Waals surface area contributed by atoms with Gasteiger partial charge in [-0.25, -0.2) is 0 Å². The van der Waals surface area contributed by atoms with E-state index in [2.05, 4.69) is 17.3 Å². The van der Waals surface area contributed by atoms with Gasteiger partial charge in [0.15, 0.2) is 0 Å². The van der Waals surface area contributed by atoms with E-state index in [1.54, 1.807) is 0 Å². The minimum atomic E-state index is 0.155. The van der Waals surface area contributed by atoms with Crippen molar-refractivity contribution in [2.45, 2.75) is 26.3 Å². The molecular formula is C8H16N2O. The number of rotatable bonds is 5. The molecule has 0 aromatic carbocycles. The molecule has 3 N–H and O–H groups in total. The number of nitrogens with two attached hydrogens (primary N) is 1. The third kappa shape index (κ3) is 5.86.